The summed E-state index contributed by atoms with van der Waals surface area (Å²) in [6, 6.07) is 7.54. The molecule has 0 aliphatic carbocycles. The first-order valence-corrected chi connectivity index (χ1v) is 9.34. The Morgan fingerprint density at radius 2 is 2.22 bits per heavy atom. The zero-order valence-electron chi connectivity index (χ0n) is 15.0. The Labute approximate surface area is 161 Å². The number of carbonyl (C=O) groups excluding carboxylic acids is 1. The second kappa shape index (κ2) is 7.52. The van der Waals surface area contributed by atoms with Crippen molar-refractivity contribution in [3.63, 3.8) is 0 Å². The highest BCUT2D eigenvalue weighted by Crippen LogP contribution is 2.29. The molecular formula is C19H20ClN5O2. The summed E-state index contributed by atoms with van der Waals surface area (Å²) in [6.07, 6.45) is 3.24. The quantitative estimate of drug-likeness (QED) is 0.742. The molecule has 1 aliphatic rings. The maximum absolute atomic E-state index is 12.7. The first kappa shape index (κ1) is 17.7. The molecular weight excluding hydrogens is 366 g/mol. The number of amides is 1. The molecule has 1 aliphatic heterocycles. The van der Waals surface area contributed by atoms with Crippen LogP contribution in [-0.4, -0.2) is 34.1 Å². The molecule has 1 fully saturated rings. The predicted octanol–water partition coefficient (Wildman–Crippen LogP) is 3.11. The number of halogens is 1. The maximum atomic E-state index is 12.7. The maximum Gasteiger partial charge on any atom is 0.263 e. The third-order valence-corrected chi connectivity index (χ3v) is 5.29. The number of benzene rings is 1. The van der Waals surface area contributed by atoms with Gasteiger partial charge >= 0.3 is 0 Å². The zero-order chi connectivity index (χ0) is 18.8. The van der Waals surface area contributed by atoms with Crippen molar-refractivity contribution in [3.05, 3.63) is 46.9 Å². The molecule has 8 heteroatoms. The minimum absolute atomic E-state index is 0.0342. The van der Waals surface area contributed by atoms with E-state index in [0.717, 1.165) is 41.8 Å². The Morgan fingerprint density at radius 1 is 1.37 bits per heavy atom. The van der Waals surface area contributed by atoms with E-state index in [0.29, 0.717) is 23.8 Å². The van der Waals surface area contributed by atoms with Gasteiger partial charge in [0, 0.05) is 24.7 Å². The van der Waals surface area contributed by atoms with Gasteiger partial charge in [0.1, 0.15) is 17.5 Å². The molecule has 0 radical (unpaired) electrons. The molecule has 27 heavy (non-hydrogen) atoms. The van der Waals surface area contributed by atoms with Crippen LogP contribution in [0.4, 0.5) is 5.82 Å². The number of fused-ring (bicyclic) bond motifs is 1. The van der Waals surface area contributed by atoms with E-state index in [1.807, 2.05) is 31.2 Å². The smallest absolute Gasteiger partial charge is 0.263 e. The summed E-state index contributed by atoms with van der Waals surface area (Å²) >= 11 is 6.17. The van der Waals surface area contributed by atoms with Crippen LogP contribution < -0.4 is 10.2 Å². The molecule has 0 bridgehead atoms. The molecule has 3 heterocycles. The predicted molar refractivity (Wildman–Crippen MR) is 103 cm³/mol. The second-order valence-electron chi connectivity index (χ2n) is 6.74. The van der Waals surface area contributed by atoms with Gasteiger partial charge in [0.2, 0.25) is 5.91 Å². The Morgan fingerprint density at radius 3 is 3.07 bits per heavy atom. The number of rotatable bonds is 4. The van der Waals surface area contributed by atoms with E-state index in [2.05, 4.69) is 25.3 Å². The fourth-order valence-corrected chi connectivity index (χ4v) is 3.70. The van der Waals surface area contributed by atoms with Crippen molar-refractivity contribution in [2.45, 2.75) is 26.3 Å². The Kier molecular flexibility index (Phi) is 4.94. The van der Waals surface area contributed by atoms with E-state index in [1.165, 1.54) is 6.33 Å². The molecule has 2 aromatic heterocycles. The van der Waals surface area contributed by atoms with Crippen molar-refractivity contribution in [2.24, 2.45) is 5.92 Å². The van der Waals surface area contributed by atoms with E-state index in [9.17, 15) is 4.79 Å². The molecule has 7 nitrogen and oxygen atoms in total. The lowest BCUT2D eigenvalue weighted by Crippen LogP contribution is -2.43. The first-order chi connectivity index (χ1) is 13.1. The standard InChI is InChI=1S/C19H20ClN5O2/c1-12-16-17(22-11-23-19(16)27-24-12)25-8-4-6-14(10-25)18(26)21-9-13-5-2-3-7-15(13)20/h2-3,5,7,11,14H,4,6,8-10H2,1H3,(H,21,26). The number of aromatic nitrogens is 3. The highest BCUT2D eigenvalue weighted by molar-refractivity contribution is 6.31. The van der Waals surface area contributed by atoms with Gasteiger partial charge in [-0.15, -0.1) is 0 Å². The number of hydrogen-bond donors (Lipinski definition) is 1. The fraction of sp³-hybridized carbons (Fsp3) is 0.368. The van der Waals surface area contributed by atoms with E-state index in [-0.39, 0.29) is 11.8 Å². The van der Waals surface area contributed by atoms with E-state index >= 15 is 0 Å². The molecule has 3 aromatic rings. The Bertz CT molecular complexity index is 974. The van der Waals surface area contributed by atoms with Crippen LogP contribution in [0.15, 0.2) is 35.1 Å². The summed E-state index contributed by atoms with van der Waals surface area (Å²) < 4.78 is 5.23. The summed E-state index contributed by atoms with van der Waals surface area (Å²) in [6.45, 7) is 3.74. The number of piperidine rings is 1. The SMILES string of the molecule is Cc1noc2ncnc(N3CCCC(C(=O)NCc4ccccc4Cl)C3)c12. The van der Waals surface area contributed by atoms with Crippen LogP contribution in [0, 0.1) is 12.8 Å². The lowest BCUT2D eigenvalue weighted by molar-refractivity contribution is -0.125. The summed E-state index contributed by atoms with van der Waals surface area (Å²) in [4.78, 5) is 23.4. The Balaban J connectivity index is 1.47. The van der Waals surface area contributed by atoms with Crippen LogP contribution in [0.5, 0.6) is 0 Å². The lowest BCUT2D eigenvalue weighted by Gasteiger charge is -2.33. The van der Waals surface area contributed by atoms with Gasteiger partial charge < -0.3 is 14.7 Å². The minimum atomic E-state index is -0.105. The molecule has 1 aromatic carbocycles. The van der Waals surface area contributed by atoms with Crippen LogP contribution in [-0.2, 0) is 11.3 Å². The topological polar surface area (TPSA) is 84.2 Å². The van der Waals surface area contributed by atoms with E-state index in [4.69, 9.17) is 16.1 Å². The highest BCUT2D eigenvalue weighted by atomic mass is 35.5. The summed E-state index contributed by atoms with van der Waals surface area (Å²) in [5, 5.41) is 8.47. The normalized spacial score (nSPS) is 17.3. The second-order valence-corrected chi connectivity index (χ2v) is 7.15. The van der Waals surface area contributed by atoms with Crippen molar-refractivity contribution in [1.29, 1.82) is 0 Å². The summed E-state index contributed by atoms with van der Waals surface area (Å²) in [7, 11) is 0. The number of nitrogens with one attached hydrogen (secondary N) is 1. The van der Waals surface area contributed by atoms with Gasteiger partial charge in [-0.2, -0.15) is 4.98 Å². The zero-order valence-corrected chi connectivity index (χ0v) is 15.7. The van der Waals surface area contributed by atoms with Crippen LogP contribution in [0.2, 0.25) is 5.02 Å². The number of nitrogens with zero attached hydrogens (tertiary/aromatic N) is 4. The molecule has 1 atom stereocenters. The van der Waals surface area contributed by atoms with Gasteiger partial charge in [0.05, 0.1) is 11.6 Å². The number of aryl methyl sites for hydroxylation is 1. The average Bonchev–Trinajstić information content (AvgIpc) is 3.08. The van der Waals surface area contributed by atoms with Gasteiger partial charge in [0.15, 0.2) is 0 Å². The van der Waals surface area contributed by atoms with Gasteiger partial charge in [0.25, 0.3) is 5.71 Å². The van der Waals surface area contributed by atoms with Crippen molar-refractivity contribution in [2.75, 3.05) is 18.0 Å². The monoisotopic (exact) mass is 385 g/mol. The molecule has 4 rings (SSSR count). The minimum Gasteiger partial charge on any atom is -0.355 e. The first-order valence-electron chi connectivity index (χ1n) is 8.96. The highest BCUT2D eigenvalue weighted by Gasteiger charge is 2.28. The number of hydrogen-bond acceptors (Lipinski definition) is 6. The number of anilines is 1. The van der Waals surface area contributed by atoms with Gasteiger partial charge in [-0.25, -0.2) is 4.98 Å². The van der Waals surface area contributed by atoms with Crippen molar-refractivity contribution < 1.29 is 9.32 Å². The molecule has 1 amide bonds. The molecule has 140 valence electrons. The van der Waals surface area contributed by atoms with Crippen LogP contribution >= 0.6 is 11.6 Å². The lowest BCUT2D eigenvalue weighted by atomic mass is 9.96. The number of carbonyl (C=O) groups is 1. The van der Waals surface area contributed by atoms with E-state index in [1.54, 1.807) is 0 Å². The molecule has 0 saturated carbocycles. The third kappa shape index (κ3) is 3.60. The average molecular weight is 386 g/mol. The third-order valence-electron chi connectivity index (χ3n) is 4.93. The summed E-state index contributed by atoms with van der Waals surface area (Å²) in [5.74, 6) is 0.709. The van der Waals surface area contributed by atoms with Crippen molar-refractivity contribution in [1.82, 2.24) is 20.4 Å². The largest absolute Gasteiger partial charge is 0.355 e. The molecule has 1 N–H and O–H groups in total. The fourth-order valence-electron chi connectivity index (χ4n) is 3.50. The van der Waals surface area contributed by atoms with E-state index < -0.39 is 0 Å². The van der Waals surface area contributed by atoms with Crippen LogP contribution in [0.1, 0.15) is 24.1 Å². The summed E-state index contributed by atoms with van der Waals surface area (Å²) in [5.41, 5.74) is 2.14. The van der Waals surface area contributed by atoms with Crippen molar-refractivity contribution >= 4 is 34.4 Å². The van der Waals surface area contributed by atoms with Crippen LogP contribution in [0.3, 0.4) is 0 Å². The van der Waals surface area contributed by atoms with Crippen molar-refractivity contribution in [3.8, 4) is 0 Å². The molecule has 1 unspecified atom stereocenters. The van der Waals surface area contributed by atoms with Gasteiger partial charge in [-0.1, -0.05) is 35.0 Å². The molecule has 0 spiro atoms. The van der Waals surface area contributed by atoms with Gasteiger partial charge in [-0.3, -0.25) is 4.79 Å². The Hall–Kier alpha value is -2.67. The molecule has 1 saturated heterocycles. The van der Waals surface area contributed by atoms with Crippen LogP contribution in [0.25, 0.3) is 11.1 Å². The van der Waals surface area contributed by atoms with Gasteiger partial charge in [-0.05, 0) is 31.4 Å².